The lowest BCUT2D eigenvalue weighted by Crippen LogP contribution is -2.36. The maximum atomic E-state index is 12.7. The van der Waals surface area contributed by atoms with Crippen LogP contribution in [0.25, 0.3) is 0 Å². The summed E-state index contributed by atoms with van der Waals surface area (Å²) < 4.78 is 29.9. The molecule has 2 heterocycles. The van der Waals surface area contributed by atoms with E-state index in [1.54, 1.807) is 37.4 Å². The topological polar surface area (TPSA) is 124 Å². The normalized spacial score (nSPS) is 19.2. The number of carbonyl (C=O) groups excluding carboxylic acids is 1. The van der Waals surface area contributed by atoms with Gasteiger partial charge in [-0.15, -0.1) is 0 Å². The highest BCUT2D eigenvalue weighted by atomic mass is 16.6. The second-order valence-corrected chi connectivity index (χ2v) is 9.84. The van der Waals surface area contributed by atoms with Crippen LogP contribution in [0.4, 0.5) is 0 Å². The van der Waals surface area contributed by atoms with E-state index in [-0.39, 0.29) is 41.6 Å². The number of hydrogen-bond acceptors (Lipinski definition) is 9. The van der Waals surface area contributed by atoms with E-state index in [4.69, 9.17) is 23.7 Å². The molecule has 0 fully saturated rings. The van der Waals surface area contributed by atoms with Gasteiger partial charge in [0, 0.05) is 17.7 Å². The predicted molar refractivity (Wildman–Crippen MR) is 147 cm³/mol. The Morgan fingerprint density at radius 3 is 2.41 bits per heavy atom. The number of hydrogen-bond donors (Lipinski definition) is 3. The van der Waals surface area contributed by atoms with Crippen molar-refractivity contribution < 1.29 is 43.8 Å². The molecule has 9 heteroatoms. The molecule has 0 saturated carbocycles. The number of phenolic OH excluding ortho intramolecular Hbond substituents is 2. The molecule has 6 rings (SSSR count). The number of carbonyl (C=O) groups is 1. The summed E-state index contributed by atoms with van der Waals surface area (Å²) in [6.45, 7) is 0.0754. The minimum absolute atomic E-state index is 0.00445. The number of aliphatic hydroxyl groups is 1. The van der Waals surface area contributed by atoms with Crippen molar-refractivity contribution in [1.82, 2.24) is 0 Å². The van der Waals surface area contributed by atoms with Gasteiger partial charge >= 0.3 is 0 Å². The lowest BCUT2D eigenvalue weighted by Gasteiger charge is -2.34. The van der Waals surface area contributed by atoms with Crippen molar-refractivity contribution in [2.45, 2.75) is 31.3 Å². The Balaban J connectivity index is 1.22. The zero-order valence-corrected chi connectivity index (χ0v) is 22.2. The quantitative estimate of drug-likeness (QED) is 0.279. The van der Waals surface area contributed by atoms with E-state index in [9.17, 15) is 20.1 Å². The Morgan fingerprint density at radius 1 is 0.829 bits per heavy atom. The van der Waals surface area contributed by atoms with Crippen LogP contribution in [0.3, 0.4) is 0 Å². The number of fused-ring (bicyclic) bond motifs is 2. The van der Waals surface area contributed by atoms with Crippen LogP contribution in [0, 0.1) is 0 Å². The molecule has 0 saturated heterocycles. The average molecular weight is 557 g/mol. The van der Waals surface area contributed by atoms with Crippen LogP contribution < -0.4 is 23.7 Å². The molecule has 0 aromatic heterocycles. The third-order valence-corrected chi connectivity index (χ3v) is 7.13. The molecular formula is C32H28O9. The fourth-order valence-electron chi connectivity index (χ4n) is 5.09. The summed E-state index contributed by atoms with van der Waals surface area (Å²) in [4.78, 5) is 12.7. The summed E-state index contributed by atoms with van der Waals surface area (Å²) in [5, 5.41) is 30.1. The molecule has 3 N–H and O–H groups in total. The summed E-state index contributed by atoms with van der Waals surface area (Å²) in [6.07, 6.45) is -2.01. The molecule has 2 aliphatic heterocycles. The van der Waals surface area contributed by atoms with Crippen LogP contribution >= 0.6 is 0 Å². The van der Waals surface area contributed by atoms with Crippen molar-refractivity contribution in [3.63, 3.8) is 0 Å². The fraction of sp³-hybridized carbons (Fsp3) is 0.219. The highest BCUT2D eigenvalue weighted by Gasteiger charge is 2.35. The SMILES string of the molecule is COc1cc([C@H]2Oc3ccc([C@@H]4CC(=O)c5c(O)cc(O)cc5O4)cc3O[C@@H]2CO)ccc1OCc1ccccc1. The first kappa shape index (κ1) is 26.3. The number of ketones is 1. The number of Topliss-reactive ketones (excluding diaryl/α,β-unsaturated/α-hetero) is 1. The van der Waals surface area contributed by atoms with Crippen molar-refractivity contribution in [2.24, 2.45) is 0 Å². The zero-order valence-electron chi connectivity index (χ0n) is 22.2. The van der Waals surface area contributed by atoms with E-state index < -0.39 is 18.3 Å². The summed E-state index contributed by atoms with van der Waals surface area (Å²) in [6, 6.07) is 22.9. The lowest BCUT2D eigenvalue weighted by molar-refractivity contribution is -0.0126. The molecule has 0 amide bonds. The molecule has 0 aliphatic carbocycles. The molecule has 41 heavy (non-hydrogen) atoms. The molecule has 210 valence electrons. The maximum absolute atomic E-state index is 12.7. The van der Waals surface area contributed by atoms with Gasteiger partial charge in [-0.1, -0.05) is 42.5 Å². The summed E-state index contributed by atoms with van der Waals surface area (Å²) in [5.74, 6) is 1.23. The average Bonchev–Trinajstić information content (AvgIpc) is 2.98. The molecular weight excluding hydrogens is 528 g/mol. The van der Waals surface area contributed by atoms with Crippen molar-refractivity contribution in [3.05, 3.63) is 101 Å². The molecule has 0 unspecified atom stereocenters. The Kier molecular flexibility index (Phi) is 7.03. The van der Waals surface area contributed by atoms with Gasteiger partial charge in [-0.2, -0.15) is 0 Å². The third-order valence-electron chi connectivity index (χ3n) is 7.13. The Bertz CT molecular complexity index is 1580. The Hall–Kier alpha value is -4.89. The Labute approximate surface area is 236 Å². The summed E-state index contributed by atoms with van der Waals surface area (Å²) in [5.41, 5.74) is 2.46. The van der Waals surface area contributed by atoms with Gasteiger partial charge in [-0.3, -0.25) is 4.79 Å². The molecule has 0 bridgehead atoms. The van der Waals surface area contributed by atoms with Crippen LogP contribution in [0.15, 0.2) is 78.9 Å². The number of ether oxygens (including phenoxy) is 5. The number of methoxy groups -OCH3 is 1. The van der Waals surface area contributed by atoms with Gasteiger partial charge in [0.05, 0.1) is 20.1 Å². The van der Waals surface area contributed by atoms with Crippen LogP contribution in [0.2, 0.25) is 0 Å². The first-order valence-corrected chi connectivity index (χ1v) is 13.1. The van der Waals surface area contributed by atoms with Gasteiger partial charge < -0.3 is 39.0 Å². The minimum atomic E-state index is -0.720. The maximum Gasteiger partial charge on any atom is 0.174 e. The highest BCUT2D eigenvalue weighted by Crippen LogP contribution is 2.45. The smallest absolute Gasteiger partial charge is 0.174 e. The van der Waals surface area contributed by atoms with Gasteiger partial charge in [-0.05, 0) is 35.4 Å². The van der Waals surface area contributed by atoms with E-state index in [2.05, 4.69) is 0 Å². The largest absolute Gasteiger partial charge is 0.508 e. The van der Waals surface area contributed by atoms with Crippen molar-refractivity contribution in [2.75, 3.05) is 13.7 Å². The van der Waals surface area contributed by atoms with E-state index in [1.165, 1.54) is 6.07 Å². The number of aromatic hydroxyl groups is 2. The van der Waals surface area contributed by atoms with Gasteiger partial charge in [0.2, 0.25) is 0 Å². The number of aliphatic hydroxyl groups excluding tert-OH is 1. The van der Waals surface area contributed by atoms with Gasteiger partial charge in [0.25, 0.3) is 0 Å². The zero-order chi connectivity index (χ0) is 28.5. The predicted octanol–water partition coefficient (Wildman–Crippen LogP) is 5.27. The first-order chi connectivity index (χ1) is 19.9. The first-order valence-electron chi connectivity index (χ1n) is 13.1. The fourth-order valence-corrected chi connectivity index (χ4v) is 5.09. The number of benzene rings is 4. The second kappa shape index (κ2) is 10.9. The number of rotatable bonds is 7. The lowest BCUT2D eigenvalue weighted by atomic mass is 9.95. The van der Waals surface area contributed by atoms with Gasteiger partial charge in [0.1, 0.15) is 35.5 Å². The molecule has 2 aliphatic rings. The van der Waals surface area contributed by atoms with Gasteiger partial charge in [0.15, 0.2) is 41.0 Å². The number of phenols is 2. The van der Waals surface area contributed by atoms with E-state index in [0.717, 1.165) is 17.2 Å². The van der Waals surface area contributed by atoms with Gasteiger partial charge in [-0.25, -0.2) is 0 Å². The second-order valence-electron chi connectivity index (χ2n) is 9.84. The summed E-state index contributed by atoms with van der Waals surface area (Å²) in [7, 11) is 1.56. The van der Waals surface area contributed by atoms with Crippen LogP contribution in [0.5, 0.6) is 40.2 Å². The molecule has 0 spiro atoms. The van der Waals surface area contributed by atoms with Crippen LogP contribution in [0.1, 0.15) is 45.7 Å². The Morgan fingerprint density at radius 2 is 1.63 bits per heavy atom. The monoisotopic (exact) mass is 556 g/mol. The van der Waals surface area contributed by atoms with Crippen molar-refractivity contribution in [3.8, 4) is 40.2 Å². The van der Waals surface area contributed by atoms with E-state index in [1.807, 2.05) is 36.4 Å². The van der Waals surface area contributed by atoms with E-state index in [0.29, 0.717) is 35.2 Å². The van der Waals surface area contributed by atoms with Crippen molar-refractivity contribution >= 4 is 5.78 Å². The summed E-state index contributed by atoms with van der Waals surface area (Å²) >= 11 is 0. The molecule has 0 radical (unpaired) electrons. The van der Waals surface area contributed by atoms with Crippen LogP contribution in [-0.4, -0.2) is 40.9 Å². The van der Waals surface area contributed by atoms with E-state index >= 15 is 0 Å². The standard InChI is InChI=1S/C32H28O9/c1-37-27-12-20(8-9-24(27)38-17-18-5-3-2-4-6-18)32-30(16-33)40-28-11-19(7-10-25(28)41-32)26-15-23(36)31-22(35)13-21(34)14-29(31)39-26/h2-14,26,30,32-35H,15-17H2,1H3/t26-,30+,32+/m0/s1. The van der Waals surface area contributed by atoms with Crippen LogP contribution in [-0.2, 0) is 6.61 Å². The molecule has 4 aromatic rings. The molecule has 3 atom stereocenters. The van der Waals surface area contributed by atoms with Crippen molar-refractivity contribution in [1.29, 1.82) is 0 Å². The highest BCUT2D eigenvalue weighted by molar-refractivity contribution is 6.02. The molecule has 9 nitrogen and oxygen atoms in total. The molecule has 4 aromatic carbocycles. The minimum Gasteiger partial charge on any atom is -0.508 e. The third kappa shape index (κ3) is 5.19.